The first kappa shape index (κ1) is 12.1. The monoisotopic (exact) mass is 374 g/mol. The molecule has 0 bridgehead atoms. The number of benzene rings is 1. The standard InChI is InChI=1S/C8H8I.BrH.Zn/c1-2-7-3-5-8(9)6-4-7;;/h3-6H,1-2H2;1H;/q-1;;+2/p-1. The second-order valence-electron chi connectivity index (χ2n) is 1.88. The van der Waals surface area contributed by atoms with E-state index >= 15 is 0 Å². The van der Waals surface area contributed by atoms with Crippen molar-refractivity contribution in [2.75, 3.05) is 0 Å². The fourth-order valence-corrected chi connectivity index (χ4v) is 1.01. The van der Waals surface area contributed by atoms with Crippen LogP contribution in [0.2, 0.25) is 0 Å². The van der Waals surface area contributed by atoms with Gasteiger partial charge in [0.15, 0.2) is 0 Å². The van der Waals surface area contributed by atoms with E-state index in [1.54, 1.807) is 0 Å². The molecule has 0 aliphatic carbocycles. The van der Waals surface area contributed by atoms with Crippen LogP contribution < -0.4 is 0 Å². The van der Waals surface area contributed by atoms with Crippen LogP contribution in [-0.2, 0) is 22.8 Å². The number of halogens is 2. The maximum atomic E-state index is 3.78. The van der Waals surface area contributed by atoms with Gasteiger partial charge in [-0.05, 0) is 34.7 Å². The Labute approximate surface area is 98.3 Å². The van der Waals surface area contributed by atoms with E-state index in [4.69, 9.17) is 0 Å². The van der Waals surface area contributed by atoms with Crippen molar-refractivity contribution in [1.29, 1.82) is 0 Å². The van der Waals surface area contributed by atoms with E-state index in [1.807, 2.05) is 0 Å². The van der Waals surface area contributed by atoms with E-state index in [0.29, 0.717) is 0 Å². The Balaban J connectivity index is 0.000000461. The zero-order chi connectivity index (χ0) is 8.69. The fourth-order valence-electron chi connectivity index (χ4n) is 0.651. The summed E-state index contributed by atoms with van der Waals surface area (Å²) in [6.07, 6.45) is 0.886. The molecule has 0 radical (unpaired) electrons. The first-order chi connectivity index (χ1) is 5.33. The van der Waals surface area contributed by atoms with Gasteiger partial charge in [0, 0.05) is 3.57 Å². The molecule has 0 aliphatic heterocycles. The molecule has 0 nitrogen and oxygen atoms in total. The molecule has 3 heteroatoms. The molecule has 0 heterocycles. The van der Waals surface area contributed by atoms with Gasteiger partial charge in [-0.1, -0.05) is 17.7 Å². The molecule has 11 heavy (non-hydrogen) atoms. The van der Waals surface area contributed by atoms with Crippen molar-refractivity contribution >= 4 is 36.2 Å². The summed E-state index contributed by atoms with van der Waals surface area (Å²) in [5.74, 6) is 0. The fraction of sp³-hybridized carbons (Fsp3) is 0.125. The summed E-state index contributed by atoms with van der Waals surface area (Å²) in [4.78, 5) is 0. The average molecular weight is 376 g/mol. The van der Waals surface area contributed by atoms with Gasteiger partial charge in [-0.15, -0.1) is 0 Å². The zero-order valence-electron chi connectivity index (χ0n) is 6.19. The van der Waals surface area contributed by atoms with Crippen LogP contribution in [0, 0.1) is 10.5 Å². The van der Waals surface area contributed by atoms with Crippen LogP contribution in [0.15, 0.2) is 24.3 Å². The normalized spacial score (nSPS) is 8.45. The van der Waals surface area contributed by atoms with Gasteiger partial charge in [0.25, 0.3) is 0 Å². The van der Waals surface area contributed by atoms with Gasteiger partial charge in [0.1, 0.15) is 0 Å². The number of rotatable bonds is 1. The van der Waals surface area contributed by atoms with Crippen molar-refractivity contribution in [3.8, 4) is 0 Å². The molecule has 0 N–H and O–H groups in total. The van der Waals surface area contributed by atoms with Gasteiger partial charge in [0.2, 0.25) is 0 Å². The third kappa shape index (κ3) is 5.32. The van der Waals surface area contributed by atoms with Crippen molar-refractivity contribution in [3.05, 3.63) is 40.3 Å². The van der Waals surface area contributed by atoms with Crippen molar-refractivity contribution in [2.45, 2.75) is 6.42 Å². The molecule has 0 fully saturated rings. The van der Waals surface area contributed by atoms with Crippen LogP contribution >= 0.6 is 36.2 Å². The van der Waals surface area contributed by atoms with E-state index in [-0.39, 0.29) is 0 Å². The molecule has 1 aromatic carbocycles. The average Bonchev–Trinajstić information content (AvgIpc) is 2.10. The van der Waals surface area contributed by atoms with Gasteiger partial charge in [-0.3, -0.25) is 0 Å². The summed E-state index contributed by atoms with van der Waals surface area (Å²) < 4.78 is 1.28. The maximum absolute atomic E-state index is 3.78. The molecule has 1 rings (SSSR count). The summed E-state index contributed by atoms with van der Waals surface area (Å²) in [7, 11) is 0. The quantitative estimate of drug-likeness (QED) is 0.400. The Bertz CT molecular complexity index is 186. The molecule has 0 aliphatic rings. The van der Waals surface area contributed by atoms with Crippen molar-refractivity contribution in [3.63, 3.8) is 0 Å². The SMILES string of the molecule is [CH2-]Cc1ccc(I)cc1.[Zn+][Br]. The summed E-state index contributed by atoms with van der Waals surface area (Å²) in [6.45, 7) is 3.78. The first-order valence-corrected chi connectivity index (χ1v) is 11.2. The predicted octanol–water partition coefficient (Wildman–Crippen LogP) is 3.51. The third-order valence-corrected chi connectivity index (χ3v) is 1.92. The molecule has 1 aromatic rings. The van der Waals surface area contributed by atoms with Gasteiger partial charge in [0.05, 0.1) is 0 Å². The summed E-state index contributed by atoms with van der Waals surface area (Å²) in [5, 5.41) is 0. The van der Waals surface area contributed by atoms with Crippen molar-refractivity contribution < 1.29 is 16.3 Å². The zero-order valence-corrected chi connectivity index (χ0v) is 12.9. The minimum absolute atomic E-state index is 0.886. The molecular formula is C8H8BrIZn. The van der Waals surface area contributed by atoms with Crippen LogP contribution in [0.25, 0.3) is 0 Å². The Morgan fingerprint density at radius 3 is 2.09 bits per heavy atom. The second-order valence-corrected chi connectivity index (χ2v) is 3.12. The Morgan fingerprint density at radius 2 is 1.73 bits per heavy atom. The topological polar surface area (TPSA) is 0 Å². The Kier molecular flexibility index (Phi) is 8.43. The first-order valence-electron chi connectivity index (χ1n) is 3.13. The summed E-state index contributed by atoms with van der Waals surface area (Å²) in [6, 6.07) is 8.41. The van der Waals surface area contributed by atoms with Crippen LogP contribution in [0.4, 0.5) is 0 Å². The van der Waals surface area contributed by atoms with Crippen LogP contribution in [0.1, 0.15) is 5.56 Å². The predicted molar refractivity (Wildman–Crippen MR) is 57.1 cm³/mol. The molecule has 0 atom stereocenters. The van der Waals surface area contributed by atoms with Gasteiger partial charge in [-0.25, -0.2) is 0 Å². The van der Waals surface area contributed by atoms with Gasteiger partial charge in [-0.2, -0.15) is 6.42 Å². The molecule has 56 valence electrons. The van der Waals surface area contributed by atoms with Crippen LogP contribution in [-0.4, -0.2) is 0 Å². The van der Waals surface area contributed by atoms with Crippen molar-refractivity contribution in [2.24, 2.45) is 0 Å². The molecule has 0 spiro atoms. The van der Waals surface area contributed by atoms with Crippen LogP contribution in [0.3, 0.4) is 0 Å². The van der Waals surface area contributed by atoms with E-state index < -0.39 is 0 Å². The number of hydrogen-bond acceptors (Lipinski definition) is 0. The molecule has 0 saturated carbocycles. The summed E-state index contributed by atoms with van der Waals surface area (Å²) >= 11 is 6.54. The Hall–Kier alpha value is 1.05. The van der Waals surface area contributed by atoms with Crippen LogP contribution in [0.5, 0.6) is 0 Å². The minimum atomic E-state index is 0.886. The molecule has 0 unspecified atom stereocenters. The molecule has 0 aromatic heterocycles. The van der Waals surface area contributed by atoms with E-state index in [2.05, 4.69) is 67.4 Å². The van der Waals surface area contributed by atoms with Crippen molar-refractivity contribution in [1.82, 2.24) is 0 Å². The Morgan fingerprint density at radius 1 is 1.27 bits per heavy atom. The molecule has 0 saturated heterocycles. The van der Waals surface area contributed by atoms with Gasteiger partial charge < -0.3 is 6.92 Å². The van der Waals surface area contributed by atoms with E-state index in [0.717, 1.165) is 6.42 Å². The number of hydrogen-bond donors (Lipinski definition) is 0. The van der Waals surface area contributed by atoms with E-state index in [9.17, 15) is 0 Å². The summed E-state index contributed by atoms with van der Waals surface area (Å²) in [5.41, 5.74) is 1.30. The van der Waals surface area contributed by atoms with E-state index in [1.165, 1.54) is 25.5 Å². The molecular weight excluding hydrogens is 368 g/mol. The second kappa shape index (κ2) is 7.69. The molecule has 0 amide bonds. The third-order valence-electron chi connectivity index (χ3n) is 1.20. The van der Waals surface area contributed by atoms with Gasteiger partial charge >= 0.3 is 30.0 Å².